The predicted molar refractivity (Wildman–Crippen MR) is 57.2 cm³/mol. The normalized spacial score (nSPS) is 30.8. The van der Waals surface area contributed by atoms with E-state index in [1.165, 1.54) is 12.1 Å². The van der Waals surface area contributed by atoms with Crippen molar-refractivity contribution in [1.29, 1.82) is 0 Å². The van der Waals surface area contributed by atoms with E-state index in [1.807, 2.05) is 6.92 Å². The second kappa shape index (κ2) is 3.75. The summed E-state index contributed by atoms with van der Waals surface area (Å²) in [6.07, 6.45) is 2.59. The molecule has 2 atom stereocenters. The molecule has 3 heteroatoms. The smallest absolute Gasteiger partial charge is 0.126 e. The number of benzene rings is 1. The summed E-state index contributed by atoms with van der Waals surface area (Å²) in [5.41, 5.74) is 0.554. The van der Waals surface area contributed by atoms with Crippen LogP contribution in [-0.2, 0) is 5.41 Å². The van der Waals surface area contributed by atoms with E-state index in [2.05, 4.69) is 0 Å². The predicted octanol–water partition coefficient (Wildman–Crippen LogP) is 4.01. The largest absolute Gasteiger partial charge is 0.207 e. The summed E-state index contributed by atoms with van der Waals surface area (Å²) in [5, 5.41) is 0.126. The van der Waals surface area contributed by atoms with Crippen molar-refractivity contribution in [3.63, 3.8) is 0 Å². The maximum absolute atomic E-state index is 13.1. The first-order chi connectivity index (χ1) is 6.99. The van der Waals surface area contributed by atoms with Gasteiger partial charge >= 0.3 is 0 Å². The van der Waals surface area contributed by atoms with Crippen molar-refractivity contribution >= 4 is 11.6 Å². The molecule has 1 aliphatic carbocycles. The van der Waals surface area contributed by atoms with Gasteiger partial charge in [-0.05, 0) is 42.4 Å². The molecule has 1 saturated carbocycles. The lowest BCUT2D eigenvalue weighted by Crippen LogP contribution is -2.18. The fourth-order valence-electron chi connectivity index (χ4n) is 2.33. The van der Waals surface area contributed by atoms with E-state index in [0.29, 0.717) is 0 Å². The molecule has 0 N–H and O–H groups in total. The third kappa shape index (κ3) is 2.15. The molecule has 1 fully saturated rings. The molecule has 0 nitrogen and oxygen atoms in total. The molecule has 2 rings (SSSR count). The number of hydrogen-bond acceptors (Lipinski definition) is 0. The van der Waals surface area contributed by atoms with E-state index in [9.17, 15) is 8.78 Å². The molecule has 82 valence electrons. The maximum atomic E-state index is 13.1. The highest BCUT2D eigenvalue weighted by molar-refractivity contribution is 6.20. The van der Waals surface area contributed by atoms with Crippen LogP contribution in [0.25, 0.3) is 0 Å². The molecule has 1 aromatic rings. The SMILES string of the molecule is CC1(c2cc(F)cc(F)c2)CCC(Cl)C1. The Bertz CT molecular complexity index is 358. The molecule has 0 aromatic heterocycles. The lowest BCUT2D eigenvalue weighted by molar-refractivity contribution is 0.479. The van der Waals surface area contributed by atoms with Crippen LogP contribution in [0, 0.1) is 11.6 Å². The van der Waals surface area contributed by atoms with Crippen molar-refractivity contribution in [1.82, 2.24) is 0 Å². The van der Waals surface area contributed by atoms with Gasteiger partial charge in [0.2, 0.25) is 0 Å². The van der Waals surface area contributed by atoms with E-state index in [-0.39, 0.29) is 10.8 Å². The number of rotatable bonds is 1. The molecule has 0 bridgehead atoms. The molecule has 0 saturated heterocycles. The maximum Gasteiger partial charge on any atom is 0.126 e. The van der Waals surface area contributed by atoms with Gasteiger partial charge in [-0.1, -0.05) is 6.92 Å². The van der Waals surface area contributed by atoms with Crippen molar-refractivity contribution in [2.75, 3.05) is 0 Å². The Morgan fingerprint density at radius 3 is 2.33 bits per heavy atom. The van der Waals surface area contributed by atoms with E-state index in [0.717, 1.165) is 30.9 Å². The Kier molecular flexibility index (Phi) is 2.72. The van der Waals surface area contributed by atoms with Crippen LogP contribution in [0.5, 0.6) is 0 Å². The number of alkyl halides is 1. The van der Waals surface area contributed by atoms with Crippen LogP contribution in [0.2, 0.25) is 0 Å². The molecule has 15 heavy (non-hydrogen) atoms. The summed E-state index contributed by atoms with van der Waals surface area (Å²) in [6.45, 7) is 2.02. The summed E-state index contributed by atoms with van der Waals surface area (Å²) in [5.74, 6) is -1.02. The Balaban J connectivity index is 2.36. The Morgan fingerprint density at radius 1 is 1.27 bits per heavy atom. The topological polar surface area (TPSA) is 0 Å². The van der Waals surface area contributed by atoms with Crippen LogP contribution < -0.4 is 0 Å². The van der Waals surface area contributed by atoms with E-state index in [4.69, 9.17) is 11.6 Å². The fraction of sp³-hybridized carbons (Fsp3) is 0.500. The van der Waals surface area contributed by atoms with Crippen LogP contribution in [-0.4, -0.2) is 5.38 Å². The molecule has 1 aromatic carbocycles. The molecular weight excluding hydrogens is 218 g/mol. The zero-order valence-corrected chi connectivity index (χ0v) is 9.32. The molecule has 0 amide bonds. The molecule has 0 aliphatic heterocycles. The Labute approximate surface area is 93.2 Å². The standard InChI is InChI=1S/C12H13ClF2/c1-12(3-2-9(13)7-12)8-4-10(14)6-11(15)5-8/h4-6,9H,2-3,7H2,1H3. The van der Waals surface area contributed by atoms with Crippen molar-refractivity contribution in [3.05, 3.63) is 35.4 Å². The first-order valence-corrected chi connectivity index (χ1v) is 5.54. The monoisotopic (exact) mass is 230 g/mol. The van der Waals surface area contributed by atoms with E-state index < -0.39 is 11.6 Å². The van der Waals surface area contributed by atoms with Gasteiger partial charge in [0.1, 0.15) is 11.6 Å². The van der Waals surface area contributed by atoms with Gasteiger partial charge in [0.25, 0.3) is 0 Å². The molecule has 0 heterocycles. The third-order valence-corrected chi connectivity index (χ3v) is 3.61. The van der Waals surface area contributed by atoms with Gasteiger partial charge in [-0.25, -0.2) is 8.78 Å². The minimum absolute atomic E-state index is 0.126. The average Bonchev–Trinajstić information content (AvgIpc) is 2.46. The highest BCUT2D eigenvalue weighted by atomic mass is 35.5. The van der Waals surface area contributed by atoms with Crippen LogP contribution >= 0.6 is 11.6 Å². The van der Waals surface area contributed by atoms with Gasteiger partial charge in [0, 0.05) is 11.4 Å². The van der Waals surface area contributed by atoms with Crippen molar-refractivity contribution < 1.29 is 8.78 Å². The quantitative estimate of drug-likeness (QED) is 0.640. The van der Waals surface area contributed by atoms with E-state index in [1.54, 1.807) is 0 Å². The van der Waals surface area contributed by atoms with Gasteiger partial charge in [-0.2, -0.15) is 0 Å². The summed E-state index contributed by atoms with van der Waals surface area (Å²) in [7, 11) is 0. The Morgan fingerprint density at radius 2 is 1.87 bits per heavy atom. The molecule has 1 aliphatic rings. The molecular formula is C12H13ClF2. The zero-order valence-electron chi connectivity index (χ0n) is 8.56. The Hall–Kier alpha value is -0.630. The highest BCUT2D eigenvalue weighted by Gasteiger charge is 2.36. The van der Waals surface area contributed by atoms with Gasteiger partial charge in [0.05, 0.1) is 0 Å². The van der Waals surface area contributed by atoms with Crippen LogP contribution in [0.4, 0.5) is 8.78 Å². The fourth-order valence-corrected chi connectivity index (χ4v) is 2.78. The van der Waals surface area contributed by atoms with Gasteiger partial charge in [-0.3, -0.25) is 0 Å². The summed E-state index contributed by atoms with van der Waals surface area (Å²) < 4.78 is 26.2. The average molecular weight is 231 g/mol. The molecule has 2 unspecified atom stereocenters. The third-order valence-electron chi connectivity index (χ3n) is 3.24. The second-order valence-corrected chi connectivity index (χ2v) is 5.18. The summed E-state index contributed by atoms with van der Waals surface area (Å²) in [6, 6.07) is 3.73. The van der Waals surface area contributed by atoms with E-state index >= 15 is 0 Å². The van der Waals surface area contributed by atoms with Gasteiger partial charge in [0.15, 0.2) is 0 Å². The lowest BCUT2D eigenvalue weighted by atomic mass is 9.81. The number of halogens is 3. The first kappa shape index (κ1) is 10.9. The summed E-state index contributed by atoms with van der Waals surface area (Å²) >= 11 is 6.04. The van der Waals surface area contributed by atoms with Crippen LogP contribution in [0.3, 0.4) is 0 Å². The van der Waals surface area contributed by atoms with Crippen LogP contribution in [0.1, 0.15) is 31.7 Å². The highest BCUT2D eigenvalue weighted by Crippen LogP contribution is 2.43. The minimum atomic E-state index is -0.510. The van der Waals surface area contributed by atoms with Crippen molar-refractivity contribution in [3.8, 4) is 0 Å². The van der Waals surface area contributed by atoms with Crippen molar-refractivity contribution in [2.24, 2.45) is 0 Å². The summed E-state index contributed by atoms with van der Waals surface area (Å²) in [4.78, 5) is 0. The minimum Gasteiger partial charge on any atom is -0.207 e. The van der Waals surface area contributed by atoms with Gasteiger partial charge < -0.3 is 0 Å². The number of hydrogen-bond donors (Lipinski definition) is 0. The van der Waals surface area contributed by atoms with Crippen molar-refractivity contribution in [2.45, 2.75) is 37.0 Å². The molecule has 0 radical (unpaired) electrons. The lowest BCUT2D eigenvalue weighted by Gasteiger charge is -2.24. The van der Waals surface area contributed by atoms with Crippen LogP contribution in [0.15, 0.2) is 18.2 Å². The zero-order chi connectivity index (χ0) is 11.1. The first-order valence-electron chi connectivity index (χ1n) is 5.10. The molecule has 0 spiro atoms. The van der Waals surface area contributed by atoms with Gasteiger partial charge in [-0.15, -0.1) is 11.6 Å². The second-order valence-electron chi connectivity index (χ2n) is 4.56.